The molecule has 2 nitrogen and oxygen atoms in total. The van der Waals surface area contributed by atoms with E-state index in [1.54, 1.807) is 6.92 Å². The van der Waals surface area contributed by atoms with Gasteiger partial charge in [0.05, 0.1) is 6.10 Å². The van der Waals surface area contributed by atoms with Crippen molar-refractivity contribution in [1.82, 2.24) is 0 Å². The van der Waals surface area contributed by atoms with Crippen LogP contribution in [0.1, 0.15) is 78.6 Å². The molecule has 2 heteroatoms. The van der Waals surface area contributed by atoms with Crippen molar-refractivity contribution in [3.63, 3.8) is 0 Å². The lowest BCUT2D eigenvalue weighted by atomic mass is 9.44. The van der Waals surface area contributed by atoms with Crippen molar-refractivity contribution in [3.05, 3.63) is 0 Å². The second kappa shape index (κ2) is 5.31. The van der Waals surface area contributed by atoms with Gasteiger partial charge in [0.1, 0.15) is 5.78 Å². The van der Waals surface area contributed by atoms with E-state index in [1.165, 1.54) is 44.9 Å². The molecule has 4 saturated carbocycles. The molecule has 0 unspecified atom stereocenters. The number of hydrogen-bond donors (Lipinski definition) is 1. The fourth-order valence-electron chi connectivity index (χ4n) is 8.09. The maximum Gasteiger partial charge on any atom is 0.133 e. The summed E-state index contributed by atoms with van der Waals surface area (Å²) in [5, 5.41) is 11.2. The Morgan fingerprint density at radius 3 is 2.52 bits per heavy atom. The molecule has 4 fully saturated rings. The average Bonchev–Trinajstić information content (AvgIpc) is 2.82. The largest absolute Gasteiger partial charge is 0.393 e. The Morgan fingerprint density at radius 2 is 1.78 bits per heavy atom. The predicted molar refractivity (Wildman–Crippen MR) is 91.9 cm³/mol. The maximum absolute atomic E-state index is 12.2. The number of fused-ring (bicyclic) bond motifs is 5. The summed E-state index contributed by atoms with van der Waals surface area (Å²) in [6.45, 7) is 6.60. The summed E-state index contributed by atoms with van der Waals surface area (Å²) >= 11 is 0. The maximum atomic E-state index is 12.2. The number of aliphatic hydroxyl groups excluding tert-OH is 1. The molecule has 0 aromatic rings. The lowest BCUT2D eigenvalue weighted by Crippen LogP contribution is -2.58. The number of aliphatic hydroxyl groups is 1. The molecular formula is C21H34O2. The average molecular weight is 319 g/mol. The molecule has 23 heavy (non-hydrogen) atoms. The fourth-order valence-corrected chi connectivity index (χ4v) is 8.09. The van der Waals surface area contributed by atoms with Gasteiger partial charge in [-0.05, 0) is 86.4 Å². The zero-order valence-corrected chi connectivity index (χ0v) is 15.2. The van der Waals surface area contributed by atoms with Crippen molar-refractivity contribution in [3.8, 4) is 0 Å². The Morgan fingerprint density at radius 1 is 1.00 bits per heavy atom. The zero-order valence-electron chi connectivity index (χ0n) is 15.2. The molecule has 0 amide bonds. The molecule has 1 N–H and O–H groups in total. The highest BCUT2D eigenvalue weighted by Crippen LogP contribution is 2.67. The smallest absolute Gasteiger partial charge is 0.133 e. The zero-order chi connectivity index (χ0) is 16.4. The second-order valence-electron chi connectivity index (χ2n) is 9.84. The molecular weight excluding hydrogens is 284 g/mol. The van der Waals surface area contributed by atoms with E-state index < -0.39 is 0 Å². The third kappa shape index (κ3) is 2.12. The minimum atomic E-state index is -0.188. The van der Waals surface area contributed by atoms with Gasteiger partial charge in [-0.15, -0.1) is 0 Å². The van der Waals surface area contributed by atoms with Gasteiger partial charge in [0.2, 0.25) is 0 Å². The standard InChI is InChI=1S/C21H34O2/c1-13(22)16-9-10-17-15-8-7-14-6-4-5-11-20(14,2)19(15)18(23)12-21(16,17)3/h14-19,23H,4-12H2,1-3H3/t14-,15+,16+,17-,18-,19+,20+,21+/m1/s1. The molecule has 0 aromatic heterocycles. The molecule has 0 radical (unpaired) electrons. The molecule has 4 rings (SSSR count). The SMILES string of the molecule is CC(=O)[C@@H]1CC[C@@H]2[C@@H]3CC[C@H]4CCCC[C@]4(C)[C@@H]3[C@H](O)C[C@]21C. The molecule has 0 aliphatic heterocycles. The Labute approximate surface area is 141 Å². The van der Waals surface area contributed by atoms with E-state index in [0.29, 0.717) is 29.0 Å². The molecule has 4 aliphatic rings. The third-order valence-electron chi connectivity index (χ3n) is 9.00. The lowest BCUT2D eigenvalue weighted by molar-refractivity contribution is -0.170. The van der Waals surface area contributed by atoms with Crippen molar-refractivity contribution < 1.29 is 9.90 Å². The second-order valence-corrected chi connectivity index (χ2v) is 9.84. The van der Waals surface area contributed by atoms with Gasteiger partial charge in [0.15, 0.2) is 0 Å². The molecule has 130 valence electrons. The van der Waals surface area contributed by atoms with Crippen molar-refractivity contribution >= 4 is 5.78 Å². The summed E-state index contributed by atoms with van der Waals surface area (Å²) in [6.07, 6.45) is 11.1. The quantitative estimate of drug-likeness (QED) is 0.767. The number of ketones is 1. The van der Waals surface area contributed by atoms with Gasteiger partial charge in [-0.1, -0.05) is 26.7 Å². The van der Waals surface area contributed by atoms with Crippen molar-refractivity contribution in [2.75, 3.05) is 0 Å². The Hall–Kier alpha value is -0.370. The van der Waals surface area contributed by atoms with Gasteiger partial charge < -0.3 is 5.11 Å². The van der Waals surface area contributed by atoms with Gasteiger partial charge >= 0.3 is 0 Å². The van der Waals surface area contributed by atoms with E-state index in [-0.39, 0.29) is 17.4 Å². The van der Waals surface area contributed by atoms with Crippen molar-refractivity contribution in [2.24, 2.45) is 40.4 Å². The van der Waals surface area contributed by atoms with Crippen LogP contribution in [0.25, 0.3) is 0 Å². The predicted octanol–water partition coefficient (Wildman–Crippen LogP) is 4.60. The molecule has 0 heterocycles. The Balaban J connectivity index is 1.69. The van der Waals surface area contributed by atoms with Gasteiger partial charge in [-0.25, -0.2) is 0 Å². The highest BCUT2D eigenvalue weighted by Gasteiger charge is 2.63. The van der Waals surface area contributed by atoms with E-state index in [4.69, 9.17) is 0 Å². The van der Waals surface area contributed by atoms with Crippen LogP contribution in [0.3, 0.4) is 0 Å². The molecule has 0 saturated heterocycles. The van der Waals surface area contributed by atoms with E-state index >= 15 is 0 Å². The number of hydrogen-bond acceptors (Lipinski definition) is 2. The molecule has 4 aliphatic carbocycles. The summed E-state index contributed by atoms with van der Waals surface area (Å²) in [7, 11) is 0. The summed E-state index contributed by atoms with van der Waals surface area (Å²) in [5.41, 5.74) is 0.417. The van der Waals surface area contributed by atoms with E-state index in [2.05, 4.69) is 13.8 Å². The van der Waals surface area contributed by atoms with Gasteiger partial charge in [0, 0.05) is 5.92 Å². The van der Waals surface area contributed by atoms with E-state index in [9.17, 15) is 9.90 Å². The minimum absolute atomic E-state index is 0.0598. The number of carbonyl (C=O) groups excluding carboxylic acids is 1. The summed E-state index contributed by atoms with van der Waals surface area (Å²) in [5.74, 6) is 3.21. The fraction of sp³-hybridized carbons (Fsp3) is 0.952. The van der Waals surface area contributed by atoms with Gasteiger partial charge in [-0.3, -0.25) is 4.79 Å². The first-order valence-electron chi connectivity index (χ1n) is 10.1. The Kier molecular flexibility index (Phi) is 3.72. The molecule has 0 aromatic carbocycles. The van der Waals surface area contributed by atoms with Gasteiger partial charge in [-0.2, -0.15) is 0 Å². The van der Waals surface area contributed by atoms with Crippen LogP contribution in [-0.2, 0) is 4.79 Å². The summed E-state index contributed by atoms with van der Waals surface area (Å²) in [6, 6.07) is 0. The first kappa shape index (κ1) is 16.1. The molecule has 0 bridgehead atoms. The summed E-state index contributed by atoms with van der Waals surface area (Å²) in [4.78, 5) is 12.2. The highest BCUT2D eigenvalue weighted by atomic mass is 16.3. The number of carbonyl (C=O) groups is 1. The Bertz CT molecular complexity index is 500. The van der Waals surface area contributed by atoms with Crippen molar-refractivity contribution in [2.45, 2.75) is 84.7 Å². The lowest BCUT2D eigenvalue weighted by Gasteiger charge is -2.62. The normalized spacial score (nSPS) is 55.7. The first-order valence-corrected chi connectivity index (χ1v) is 10.1. The molecule has 0 spiro atoms. The van der Waals surface area contributed by atoms with E-state index in [0.717, 1.165) is 18.8 Å². The van der Waals surface area contributed by atoms with Crippen LogP contribution in [0, 0.1) is 40.4 Å². The topological polar surface area (TPSA) is 37.3 Å². The van der Waals surface area contributed by atoms with Crippen LogP contribution in [0.4, 0.5) is 0 Å². The van der Waals surface area contributed by atoms with Crippen molar-refractivity contribution in [1.29, 1.82) is 0 Å². The van der Waals surface area contributed by atoms with Gasteiger partial charge in [0.25, 0.3) is 0 Å². The summed E-state index contributed by atoms with van der Waals surface area (Å²) < 4.78 is 0. The molecule has 8 atom stereocenters. The van der Waals surface area contributed by atoms with Crippen LogP contribution in [0.2, 0.25) is 0 Å². The van der Waals surface area contributed by atoms with Crippen LogP contribution in [0.15, 0.2) is 0 Å². The minimum Gasteiger partial charge on any atom is -0.393 e. The number of rotatable bonds is 1. The van der Waals surface area contributed by atoms with Crippen LogP contribution >= 0.6 is 0 Å². The van der Waals surface area contributed by atoms with Crippen LogP contribution in [0.5, 0.6) is 0 Å². The van der Waals surface area contributed by atoms with Crippen LogP contribution in [-0.4, -0.2) is 17.0 Å². The highest BCUT2D eigenvalue weighted by molar-refractivity contribution is 5.79. The first-order chi connectivity index (χ1) is 10.9. The van der Waals surface area contributed by atoms with Crippen LogP contribution < -0.4 is 0 Å². The number of Topliss-reactive ketones (excluding diaryl/α,β-unsaturated/α-hetero) is 1. The third-order valence-corrected chi connectivity index (χ3v) is 9.00. The monoisotopic (exact) mass is 318 g/mol. The van der Waals surface area contributed by atoms with E-state index in [1.807, 2.05) is 0 Å².